The molecule has 2 N–H and O–H groups in total. The predicted molar refractivity (Wildman–Crippen MR) is 104 cm³/mol. The Bertz CT molecular complexity index is 983. The number of ether oxygens (including phenoxy) is 1. The van der Waals surface area contributed by atoms with Crippen LogP contribution < -0.4 is 9.88 Å². The molecule has 0 aromatic heterocycles. The van der Waals surface area contributed by atoms with E-state index < -0.39 is 20.8 Å². The van der Waals surface area contributed by atoms with E-state index in [4.69, 9.17) is 9.88 Å². The van der Waals surface area contributed by atoms with Crippen molar-refractivity contribution >= 4 is 20.8 Å². The van der Waals surface area contributed by atoms with Gasteiger partial charge in [-0.2, -0.15) is 0 Å². The Morgan fingerprint density at radius 3 is 2.73 bits per heavy atom. The van der Waals surface area contributed by atoms with Gasteiger partial charge in [0.1, 0.15) is 11.9 Å². The summed E-state index contributed by atoms with van der Waals surface area (Å²) in [6.07, 6.45) is 2.06. The molecule has 0 saturated carbocycles. The van der Waals surface area contributed by atoms with Crippen LogP contribution in [0.4, 0.5) is 0 Å². The summed E-state index contributed by atoms with van der Waals surface area (Å²) < 4.78 is 41.5. The third kappa shape index (κ3) is 3.75. The quantitative estimate of drug-likeness (QED) is 0.766. The summed E-state index contributed by atoms with van der Waals surface area (Å²) >= 11 is 0. The van der Waals surface area contributed by atoms with Crippen molar-refractivity contribution in [3.63, 3.8) is 0 Å². The molecule has 1 aliphatic rings. The fraction of sp³-hybridized carbons (Fsp3) is 0.263. The zero-order chi connectivity index (χ0) is 18.9. The van der Waals surface area contributed by atoms with Crippen molar-refractivity contribution in [2.75, 3.05) is 5.75 Å². The van der Waals surface area contributed by atoms with E-state index in [1.54, 1.807) is 12.1 Å². The van der Waals surface area contributed by atoms with Crippen LogP contribution >= 0.6 is 0 Å². The van der Waals surface area contributed by atoms with Crippen LogP contribution in [0.5, 0.6) is 5.75 Å². The van der Waals surface area contributed by atoms with Gasteiger partial charge in [-0.15, -0.1) is 6.58 Å². The molecule has 7 heteroatoms. The normalized spacial score (nSPS) is 16.9. The van der Waals surface area contributed by atoms with Crippen molar-refractivity contribution in [2.45, 2.75) is 30.1 Å². The van der Waals surface area contributed by atoms with Crippen molar-refractivity contribution in [1.29, 1.82) is 0 Å². The molecule has 3 rings (SSSR count). The fourth-order valence-electron chi connectivity index (χ4n) is 3.19. The molecule has 1 aliphatic heterocycles. The minimum atomic E-state index is -3.63. The van der Waals surface area contributed by atoms with Gasteiger partial charge in [0.15, 0.2) is 0 Å². The van der Waals surface area contributed by atoms with Crippen molar-refractivity contribution < 1.29 is 17.4 Å². The van der Waals surface area contributed by atoms with Crippen LogP contribution in [0.1, 0.15) is 30.6 Å². The van der Waals surface area contributed by atoms with Crippen molar-refractivity contribution in [3.05, 3.63) is 60.2 Å². The molecule has 0 fully saturated rings. The van der Waals surface area contributed by atoms with E-state index >= 15 is 0 Å². The second-order valence-electron chi connectivity index (χ2n) is 6.12. The minimum absolute atomic E-state index is 0.240. The average Bonchev–Trinajstić information content (AvgIpc) is 2.59. The summed E-state index contributed by atoms with van der Waals surface area (Å²) in [5.41, 5.74) is 3.18. The summed E-state index contributed by atoms with van der Waals surface area (Å²) in [5, 5.41) is 5.18. The Morgan fingerprint density at radius 1 is 1.31 bits per heavy atom. The highest BCUT2D eigenvalue weighted by atomic mass is 32.2. The lowest BCUT2D eigenvalue weighted by atomic mass is 9.90. The minimum Gasteiger partial charge on any atom is -0.485 e. The lowest BCUT2D eigenvalue weighted by Crippen LogP contribution is -2.17. The second kappa shape index (κ2) is 7.34. The number of hydrogen-bond acceptors (Lipinski definition) is 4. The molecule has 2 aromatic carbocycles. The molecule has 5 nitrogen and oxygen atoms in total. The molecule has 0 radical (unpaired) electrons. The van der Waals surface area contributed by atoms with Gasteiger partial charge in [0.05, 0.1) is 21.4 Å². The van der Waals surface area contributed by atoms with E-state index in [1.807, 2.05) is 37.3 Å². The molecule has 0 bridgehead atoms. The summed E-state index contributed by atoms with van der Waals surface area (Å²) in [6.45, 7) is 5.65. The van der Waals surface area contributed by atoms with Gasteiger partial charge in [-0.25, -0.2) is 13.6 Å². The Balaban J connectivity index is 2.20. The zero-order valence-corrected chi connectivity index (χ0v) is 16.1. The van der Waals surface area contributed by atoms with E-state index in [-0.39, 0.29) is 11.9 Å². The topological polar surface area (TPSA) is 86.5 Å². The number of primary sulfonamides is 1. The van der Waals surface area contributed by atoms with Gasteiger partial charge < -0.3 is 4.74 Å². The number of hydrogen-bond donors (Lipinski definition) is 1. The SMILES string of the molecule is C=CCC1Oc2cccc(S(=O)CC)c2-c2ccc(CS(N)(=O)=O)cc21. The molecule has 2 unspecified atom stereocenters. The fourth-order valence-corrected chi connectivity index (χ4v) is 4.82. The van der Waals surface area contributed by atoms with E-state index in [9.17, 15) is 12.6 Å². The number of nitrogens with two attached hydrogens (primary N) is 1. The third-order valence-corrected chi connectivity index (χ3v) is 6.34. The number of rotatable bonds is 6. The standard InChI is InChI=1S/C19H21NO4S2/c1-3-6-16-15-11-13(12-26(20,22)23)9-10-14(15)19-17(24-16)7-5-8-18(19)25(21)4-2/h3,5,7-11,16H,1,4,6,12H2,2H3,(H2,20,22,23). The summed E-state index contributed by atoms with van der Waals surface area (Å²) in [5.74, 6) is 0.949. The van der Waals surface area contributed by atoms with Crippen molar-refractivity contribution in [1.82, 2.24) is 0 Å². The molecule has 0 saturated heterocycles. The molecule has 138 valence electrons. The first-order chi connectivity index (χ1) is 12.3. The average molecular weight is 392 g/mol. The van der Waals surface area contributed by atoms with Crippen LogP contribution in [0.25, 0.3) is 11.1 Å². The highest BCUT2D eigenvalue weighted by Gasteiger charge is 2.28. The van der Waals surface area contributed by atoms with Crippen LogP contribution in [0.2, 0.25) is 0 Å². The van der Waals surface area contributed by atoms with Gasteiger partial charge in [-0.05, 0) is 23.3 Å². The van der Waals surface area contributed by atoms with E-state index in [2.05, 4.69) is 6.58 Å². The molecular formula is C19H21NO4S2. The summed E-state index contributed by atoms with van der Waals surface area (Å²) in [7, 11) is -4.77. The Labute approximate surface area is 156 Å². The number of sulfonamides is 1. The largest absolute Gasteiger partial charge is 0.485 e. The highest BCUT2D eigenvalue weighted by molar-refractivity contribution is 7.88. The molecule has 2 aromatic rings. The van der Waals surface area contributed by atoms with Crippen LogP contribution in [0.15, 0.2) is 53.9 Å². The first kappa shape index (κ1) is 18.8. The van der Waals surface area contributed by atoms with Gasteiger partial charge in [-0.1, -0.05) is 37.3 Å². The van der Waals surface area contributed by atoms with E-state index in [0.717, 1.165) is 21.6 Å². The van der Waals surface area contributed by atoms with Gasteiger partial charge in [0.2, 0.25) is 10.0 Å². The maximum Gasteiger partial charge on any atom is 0.213 e. The summed E-state index contributed by atoms with van der Waals surface area (Å²) in [6, 6.07) is 11.0. The highest BCUT2D eigenvalue weighted by Crippen LogP contribution is 2.46. The molecule has 0 amide bonds. The van der Waals surface area contributed by atoms with Crippen LogP contribution in [0.3, 0.4) is 0 Å². The van der Waals surface area contributed by atoms with E-state index in [0.29, 0.717) is 23.5 Å². The smallest absolute Gasteiger partial charge is 0.213 e. The predicted octanol–water partition coefficient (Wildman–Crippen LogP) is 3.28. The number of benzene rings is 2. The maximum atomic E-state index is 12.5. The molecule has 2 atom stereocenters. The van der Waals surface area contributed by atoms with Crippen LogP contribution in [0, 0.1) is 0 Å². The molecule has 0 spiro atoms. The Kier molecular flexibility index (Phi) is 5.32. The Hall–Kier alpha value is -1.96. The third-order valence-electron chi connectivity index (χ3n) is 4.25. The maximum absolute atomic E-state index is 12.5. The number of fused-ring (bicyclic) bond motifs is 3. The van der Waals surface area contributed by atoms with E-state index in [1.165, 1.54) is 0 Å². The van der Waals surface area contributed by atoms with Crippen LogP contribution in [-0.2, 0) is 26.6 Å². The van der Waals surface area contributed by atoms with Gasteiger partial charge in [0.25, 0.3) is 0 Å². The zero-order valence-electron chi connectivity index (χ0n) is 14.5. The van der Waals surface area contributed by atoms with Crippen molar-refractivity contribution in [3.8, 4) is 16.9 Å². The monoisotopic (exact) mass is 391 g/mol. The molecule has 26 heavy (non-hydrogen) atoms. The lowest BCUT2D eigenvalue weighted by Gasteiger charge is -2.30. The summed E-state index contributed by atoms with van der Waals surface area (Å²) in [4.78, 5) is 0.725. The Morgan fingerprint density at radius 2 is 2.08 bits per heavy atom. The first-order valence-electron chi connectivity index (χ1n) is 8.26. The van der Waals surface area contributed by atoms with Gasteiger partial charge >= 0.3 is 0 Å². The van der Waals surface area contributed by atoms with Crippen molar-refractivity contribution in [2.24, 2.45) is 5.14 Å². The lowest BCUT2D eigenvalue weighted by molar-refractivity contribution is 0.205. The van der Waals surface area contributed by atoms with Gasteiger partial charge in [0, 0.05) is 23.3 Å². The second-order valence-corrected chi connectivity index (χ2v) is 9.45. The molecular weight excluding hydrogens is 370 g/mol. The van der Waals surface area contributed by atoms with Crippen LogP contribution in [-0.4, -0.2) is 18.4 Å². The van der Waals surface area contributed by atoms with Gasteiger partial charge in [-0.3, -0.25) is 4.21 Å². The first-order valence-corrected chi connectivity index (χ1v) is 11.3. The molecule has 1 heterocycles. The molecule has 0 aliphatic carbocycles.